The lowest BCUT2D eigenvalue weighted by Gasteiger charge is -2.10. The molecule has 2 N–H and O–H groups in total. The van der Waals surface area contributed by atoms with Crippen LogP contribution in [0.5, 0.6) is 5.75 Å². The molecular weight excluding hydrogens is 382 g/mol. The average molecular weight is 398 g/mol. The second-order valence-electron chi connectivity index (χ2n) is 5.19. The third-order valence-electron chi connectivity index (χ3n) is 3.50. The maximum absolute atomic E-state index is 12.3. The summed E-state index contributed by atoms with van der Waals surface area (Å²) in [6, 6.07) is 18.5. The second-order valence-corrected chi connectivity index (χ2v) is 6.05. The summed E-state index contributed by atoms with van der Waals surface area (Å²) in [5, 5.41) is 6.05. The largest absolute Gasteiger partial charge is 0.495 e. The Balaban J connectivity index is 1.71. The van der Waals surface area contributed by atoms with Crippen molar-refractivity contribution in [3.63, 3.8) is 0 Å². The molecule has 0 radical (unpaired) electrons. The number of amides is 1. The summed E-state index contributed by atoms with van der Waals surface area (Å²) in [5.41, 5.74) is 2.65. The molecule has 0 atom stereocenters. The third kappa shape index (κ3) is 4.16. The Morgan fingerprint density at radius 3 is 2.40 bits per heavy atom. The van der Waals surface area contributed by atoms with Gasteiger partial charge < -0.3 is 15.4 Å². The van der Waals surface area contributed by atoms with Crippen molar-refractivity contribution in [1.82, 2.24) is 4.98 Å². The molecule has 0 aliphatic heterocycles. The van der Waals surface area contributed by atoms with E-state index in [1.165, 1.54) is 0 Å². The van der Waals surface area contributed by atoms with Gasteiger partial charge in [0.1, 0.15) is 11.4 Å². The van der Waals surface area contributed by atoms with E-state index in [9.17, 15) is 4.79 Å². The number of nitrogens with one attached hydrogen (secondary N) is 2. The number of aromatic nitrogens is 1. The molecule has 126 valence electrons. The van der Waals surface area contributed by atoms with Gasteiger partial charge in [-0.3, -0.25) is 4.79 Å². The molecule has 25 heavy (non-hydrogen) atoms. The van der Waals surface area contributed by atoms with Crippen molar-refractivity contribution in [2.24, 2.45) is 0 Å². The molecule has 1 aromatic heterocycles. The van der Waals surface area contributed by atoms with Gasteiger partial charge in [0.2, 0.25) is 0 Å². The minimum atomic E-state index is -0.294. The van der Waals surface area contributed by atoms with Crippen molar-refractivity contribution in [2.45, 2.75) is 0 Å². The number of methoxy groups -OCH3 is 1. The predicted molar refractivity (Wildman–Crippen MR) is 103 cm³/mol. The van der Waals surface area contributed by atoms with Gasteiger partial charge in [0, 0.05) is 4.47 Å². The van der Waals surface area contributed by atoms with Crippen molar-refractivity contribution in [3.8, 4) is 5.75 Å². The Bertz CT molecular complexity index is 882. The average Bonchev–Trinajstić information content (AvgIpc) is 2.64. The van der Waals surface area contributed by atoms with Crippen molar-refractivity contribution < 1.29 is 9.53 Å². The number of pyridine rings is 1. The molecule has 5 nitrogen and oxygen atoms in total. The lowest BCUT2D eigenvalue weighted by atomic mass is 10.2. The minimum absolute atomic E-state index is 0.294. The second kappa shape index (κ2) is 7.81. The summed E-state index contributed by atoms with van der Waals surface area (Å²) in [4.78, 5) is 16.6. The molecule has 1 amide bonds. The summed E-state index contributed by atoms with van der Waals surface area (Å²) in [7, 11) is 1.56. The van der Waals surface area contributed by atoms with Crippen LogP contribution in [0.15, 0.2) is 71.3 Å². The van der Waals surface area contributed by atoms with Gasteiger partial charge in [-0.1, -0.05) is 24.3 Å². The molecule has 1 heterocycles. The van der Waals surface area contributed by atoms with E-state index in [1.54, 1.807) is 31.5 Å². The lowest BCUT2D eigenvalue weighted by Crippen LogP contribution is -2.14. The highest BCUT2D eigenvalue weighted by Crippen LogP contribution is 2.26. The van der Waals surface area contributed by atoms with Gasteiger partial charge >= 0.3 is 0 Å². The van der Waals surface area contributed by atoms with E-state index in [4.69, 9.17) is 4.74 Å². The van der Waals surface area contributed by atoms with Gasteiger partial charge in [0.25, 0.3) is 5.91 Å². The van der Waals surface area contributed by atoms with Crippen LogP contribution in [0.4, 0.5) is 17.1 Å². The molecule has 0 bridgehead atoms. The summed E-state index contributed by atoms with van der Waals surface area (Å²) >= 11 is 3.48. The van der Waals surface area contributed by atoms with Gasteiger partial charge in [-0.15, -0.1) is 0 Å². The van der Waals surface area contributed by atoms with Gasteiger partial charge in [0.05, 0.1) is 30.4 Å². The number of anilines is 3. The number of benzene rings is 2. The first-order chi connectivity index (χ1) is 12.2. The standard InChI is InChI=1S/C19H16BrN3O2/c1-25-18-9-5-4-8-16(18)23-19(24)17-11-10-13(12-21-17)22-15-7-3-2-6-14(15)20/h2-12,22H,1H3,(H,23,24). The van der Waals surface area contributed by atoms with E-state index in [0.717, 1.165) is 15.8 Å². The maximum atomic E-state index is 12.3. The number of hydrogen-bond donors (Lipinski definition) is 2. The fourth-order valence-electron chi connectivity index (χ4n) is 2.25. The highest BCUT2D eigenvalue weighted by molar-refractivity contribution is 9.10. The van der Waals surface area contributed by atoms with Crippen LogP contribution in [0.2, 0.25) is 0 Å². The van der Waals surface area contributed by atoms with Gasteiger partial charge in [-0.25, -0.2) is 4.98 Å². The fourth-order valence-corrected chi connectivity index (χ4v) is 2.64. The molecular formula is C19H16BrN3O2. The van der Waals surface area contributed by atoms with Gasteiger partial charge in [-0.2, -0.15) is 0 Å². The lowest BCUT2D eigenvalue weighted by molar-refractivity contribution is 0.102. The molecule has 0 aliphatic rings. The van der Waals surface area contributed by atoms with E-state index in [-0.39, 0.29) is 5.91 Å². The minimum Gasteiger partial charge on any atom is -0.495 e. The van der Waals surface area contributed by atoms with Crippen molar-refractivity contribution >= 4 is 38.9 Å². The number of hydrogen-bond acceptors (Lipinski definition) is 4. The zero-order chi connectivity index (χ0) is 17.6. The first-order valence-corrected chi connectivity index (χ1v) is 8.38. The molecule has 3 aromatic rings. The third-order valence-corrected chi connectivity index (χ3v) is 4.20. The van der Waals surface area contributed by atoms with Gasteiger partial charge in [0.15, 0.2) is 0 Å². The van der Waals surface area contributed by atoms with Gasteiger partial charge in [-0.05, 0) is 52.3 Å². The number of halogens is 1. The van der Waals surface area contributed by atoms with Crippen LogP contribution in [-0.2, 0) is 0 Å². The molecule has 3 rings (SSSR count). The normalized spacial score (nSPS) is 10.2. The van der Waals surface area contributed by atoms with Crippen LogP contribution < -0.4 is 15.4 Å². The Kier molecular flexibility index (Phi) is 5.30. The Labute approximate surface area is 154 Å². The summed E-state index contributed by atoms with van der Waals surface area (Å²) in [6.07, 6.45) is 1.62. The van der Waals surface area contributed by atoms with Crippen LogP contribution >= 0.6 is 15.9 Å². The predicted octanol–water partition coefficient (Wildman–Crippen LogP) is 4.85. The molecule has 0 unspecified atom stereocenters. The van der Waals surface area contributed by atoms with Crippen molar-refractivity contribution in [1.29, 1.82) is 0 Å². The molecule has 0 fully saturated rings. The number of ether oxygens (including phenoxy) is 1. The van der Waals surface area contributed by atoms with E-state index in [1.807, 2.05) is 42.5 Å². The maximum Gasteiger partial charge on any atom is 0.274 e. The summed E-state index contributed by atoms with van der Waals surface area (Å²) in [5.74, 6) is 0.306. The number of rotatable bonds is 5. The monoisotopic (exact) mass is 397 g/mol. The molecule has 6 heteroatoms. The smallest absolute Gasteiger partial charge is 0.274 e. The Morgan fingerprint density at radius 1 is 1.00 bits per heavy atom. The van der Waals surface area contributed by atoms with Crippen LogP contribution in [0, 0.1) is 0 Å². The number of para-hydroxylation sites is 3. The topological polar surface area (TPSA) is 63.2 Å². The van der Waals surface area contributed by atoms with E-state index < -0.39 is 0 Å². The Morgan fingerprint density at radius 2 is 1.72 bits per heavy atom. The zero-order valence-electron chi connectivity index (χ0n) is 13.5. The fraction of sp³-hybridized carbons (Fsp3) is 0.0526. The van der Waals surface area contributed by atoms with Crippen molar-refractivity contribution in [3.05, 3.63) is 77.0 Å². The zero-order valence-corrected chi connectivity index (χ0v) is 15.1. The van der Waals surface area contributed by atoms with Crippen LogP contribution in [0.3, 0.4) is 0 Å². The molecule has 0 saturated heterocycles. The van der Waals surface area contributed by atoms with Crippen LogP contribution in [0.1, 0.15) is 10.5 Å². The Hall–Kier alpha value is -2.86. The van der Waals surface area contributed by atoms with Crippen LogP contribution in [-0.4, -0.2) is 18.0 Å². The molecule has 0 aliphatic carbocycles. The van der Waals surface area contributed by atoms with E-state index >= 15 is 0 Å². The SMILES string of the molecule is COc1ccccc1NC(=O)c1ccc(Nc2ccccc2Br)cn1. The van der Waals surface area contributed by atoms with Crippen LogP contribution in [0.25, 0.3) is 0 Å². The summed E-state index contributed by atoms with van der Waals surface area (Å²) in [6.45, 7) is 0. The van der Waals surface area contributed by atoms with Crippen molar-refractivity contribution in [2.75, 3.05) is 17.7 Å². The highest BCUT2D eigenvalue weighted by atomic mass is 79.9. The number of carbonyl (C=O) groups is 1. The number of nitrogens with zero attached hydrogens (tertiary/aromatic N) is 1. The highest BCUT2D eigenvalue weighted by Gasteiger charge is 2.10. The quantitative estimate of drug-likeness (QED) is 0.645. The summed E-state index contributed by atoms with van der Waals surface area (Å²) < 4.78 is 6.18. The molecule has 0 spiro atoms. The molecule has 0 saturated carbocycles. The van der Waals surface area contributed by atoms with E-state index in [2.05, 4.69) is 31.5 Å². The number of carbonyl (C=O) groups excluding carboxylic acids is 1. The van der Waals surface area contributed by atoms with E-state index in [0.29, 0.717) is 17.1 Å². The first kappa shape index (κ1) is 17.0. The first-order valence-electron chi connectivity index (χ1n) is 7.59. The molecule has 2 aromatic carbocycles.